The van der Waals surface area contributed by atoms with Crippen molar-refractivity contribution in [2.45, 2.75) is 44.4 Å². The zero-order chi connectivity index (χ0) is 21.3. The molecule has 4 rings (SSSR count). The summed E-state index contributed by atoms with van der Waals surface area (Å²) in [7, 11) is 0. The predicted molar refractivity (Wildman–Crippen MR) is 111 cm³/mol. The molecule has 1 aliphatic rings. The van der Waals surface area contributed by atoms with Gasteiger partial charge in [-0.05, 0) is 37.3 Å². The number of ketones is 1. The van der Waals surface area contributed by atoms with Crippen LogP contribution in [-0.4, -0.2) is 38.1 Å². The fourth-order valence-corrected chi connectivity index (χ4v) is 3.92. The number of aromatic nitrogens is 2. The molecular formula is C23H25N3O4. The lowest BCUT2D eigenvalue weighted by Crippen LogP contribution is -2.22. The number of hydrogen-bond acceptors (Lipinski definition) is 7. The van der Waals surface area contributed by atoms with Crippen molar-refractivity contribution in [2.75, 3.05) is 5.32 Å². The van der Waals surface area contributed by atoms with Crippen molar-refractivity contribution in [1.82, 2.24) is 9.97 Å². The van der Waals surface area contributed by atoms with Gasteiger partial charge in [0.15, 0.2) is 5.76 Å². The summed E-state index contributed by atoms with van der Waals surface area (Å²) in [6, 6.07) is 10.8. The van der Waals surface area contributed by atoms with Gasteiger partial charge in [-0.2, -0.15) is 0 Å². The summed E-state index contributed by atoms with van der Waals surface area (Å²) in [6.45, 7) is 3.66. The summed E-state index contributed by atoms with van der Waals surface area (Å²) in [5.74, 6) is 0.323. The number of aliphatic hydroxyl groups excluding tert-OH is 1. The normalized spacial score (nSPS) is 23.1. The van der Waals surface area contributed by atoms with E-state index in [1.807, 2.05) is 37.3 Å². The van der Waals surface area contributed by atoms with Gasteiger partial charge >= 0.3 is 0 Å². The first-order valence-corrected chi connectivity index (χ1v) is 10.0. The van der Waals surface area contributed by atoms with E-state index in [0.29, 0.717) is 23.4 Å². The fourth-order valence-electron chi connectivity index (χ4n) is 3.92. The summed E-state index contributed by atoms with van der Waals surface area (Å²) in [5.41, 5.74) is 0.167. The summed E-state index contributed by atoms with van der Waals surface area (Å²) < 4.78 is 5.51. The first kappa shape index (κ1) is 20.3. The van der Waals surface area contributed by atoms with Gasteiger partial charge in [0.25, 0.3) is 0 Å². The van der Waals surface area contributed by atoms with Gasteiger partial charge in [0.05, 0.1) is 17.9 Å². The second-order valence-electron chi connectivity index (χ2n) is 8.11. The van der Waals surface area contributed by atoms with Gasteiger partial charge in [-0.25, -0.2) is 9.97 Å². The van der Waals surface area contributed by atoms with Crippen molar-refractivity contribution in [3.63, 3.8) is 0 Å². The molecule has 30 heavy (non-hydrogen) atoms. The van der Waals surface area contributed by atoms with Gasteiger partial charge < -0.3 is 19.9 Å². The Hall–Kier alpha value is -3.03. The van der Waals surface area contributed by atoms with E-state index in [9.17, 15) is 15.0 Å². The minimum Gasteiger partial charge on any atom is -0.460 e. The van der Waals surface area contributed by atoms with Crippen LogP contribution >= 0.6 is 0 Å². The molecule has 0 bridgehead atoms. The molecule has 0 unspecified atom stereocenters. The standard InChI is InChI=1S/C23H25N3O4/c1-14-8-17(10-19(14)27)26-22-18(11-24-13-25-22)21(28)20-9-16(12-30-20)23(2,29)15-6-4-3-5-7-15/h3-7,9,11-14,17,19,27,29H,8,10H2,1-2H3,(H,24,25,26)/t14-,17-,19+,23+/m1/s1. The highest BCUT2D eigenvalue weighted by molar-refractivity contribution is 6.10. The largest absolute Gasteiger partial charge is 0.460 e. The molecule has 7 nitrogen and oxygen atoms in total. The number of benzene rings is 1. The molecule has 0 amide bonds. The van der Waals surface area contributed by atoms with Crippen LogP contribution in [-0.2, 0) is 5.60 Å². The third kappa shape index (κ3) is 3.86. The maximum atomic E-state index is 13.1. The summed E-state index contributed by atoms with van der Waals surface area (Å²) >= 11 is 0. The summed E-state index contributed by atoms with van der Waals surface area (Å²) in [4.78, 5) is 21.3. The second kappa shape index (κ2) is 8.01. The minimum absolute atomic E-state index is 0.0300. The number of carbonyl (C=O) groups is 1. The number of nitrogens with one attached hydrogen (secondary N) is 1. The average molecular weight is 407 g/mol. The Kier molecular flexibility index (Phi) is 5.40. The van der Waals surface area contributed by atoms with Crippen molar-refractivity contribution < 1.29 is 19.4 Å². The molecule has 0 radical (unpaired) electrons. The first-order valence-electron chi connectivity index (χ1n) is 10.0. The molecule has 3 N–H and O–H groups in total. The van der Waals surface area contributed by atoms with E-state index in [1.165, 1.54) is 18.8 Å². The van der Waals surface area contributed by atoms with Crippen LogP contribution in [0.25, 0.3) is 0 Å². The lowest BCUT2D eigenvalue weighted by atomic mass is 9.90. The molecular weight excluding hydrogens is 382 g/mol. The van der Waals surface area contributed by atoms with Gasteiger partial charge in [0, 0.05) is 17.8 Å². The van der Waals surface area contributed by atoms with Crippen LogP contribution in [0.1, 0.15) is 53.9 Å². The number of hydrogen-bond donors (Lipinski definition) is 3. The third-order valence-electron chi connectivity index (χ3n) is 5.86. The maximum Gasteiger partial charge on any atom is 0.233 e. The third-order valence-corrected chi connectivity index (χ3v) is 5.86. The fraction of sp³-hybridized carbons (Fsp3) is 0.348. The van der Waals surface area contributed by atoms with Crippen molar-refractivity contribution >= 4 is 11.6 Å². The van der Waals surface area contributed by atoms with Crippen LogP contribution in [0.5, 0.6) is 0 Å². The zero-order valence-corrected chi connectivity index (χ0v) is 16.9. The number of carbonyl (C=O) groups excluding carboxylic acids is 1. The highest BCUT2D eigenvalue weighted by Gasteiger charge is 2.32. The van der Waals surface area contributed by atoms with Gasteiger partial charge in [0.2, 0.25) is 5.78 Å². The molecule has 7 heteroatoms. The molecule has 4 atom stereocenters. The lowest BCUT2D eigenvalue weighted by molar-refractivity contribution is 0.100. The van der Waals surface area contributed by atoms with E-state index in [-0.39, 0.29) is 35.2 Å². The minimum atomic E-state index is -1.30. The first-order chi connectivity index (χ1) is 14.4. The van der Waals surface area contributed by atoms with E-state index in [4.69, 9.17) is 4.42 Å². The van der Waals surface area contributed by atoms with Gasteiger partial charge in [-0.15, -0.1) is 0 Å². The molecule has 0 aliphatic heterocycles. The van der Waals surface area contributed by atoms with E-state index in [2.05, 4.69) is 15.3 Å². The number of rotatable bonds is 6. The van der Waals surface area contributed by atoms with Crippen LogP contribution in [0.2, 0.25) is 0 Å². The quantitative estimate of drug-likeness (QED) is 0.539. The monoisotopic (exact) mass is 407 g/mol. The van der Waals surface area contributed by atoms with Crippen LogP contribution in [0.4, 0.5) is 5.82 Å². The average Bonchev–Trinajstić information content (AvgIpc) is 3.36. The van der Waals surface area contributed by atoms with Gasteiger partial charge in [-0.3, -0.25) is 4.79 Å². The Morgan fingerprint density at radius 1 is 1.23 bits per heavy atom. The molecule has 1 fully saturated rings. The number of nitrogens with zero attached hydrogens (tertiary/aromatic N) is 2. The molecule has 1 aliphatic carbocycles. The van der Waals surface area contributed by atoms with Crippen LogP contribution in [0.15, 0.2) is 59.6 Å². The Morgan fingerprint density at radius 2 is 2.00 bits per heavy atom. The van der Waals surface area contributed by atoms with E-state index >= 15 is 0 Å². The van der Waals surface area contributed by atoms with Crippen molar-refractivity contribution in [2.24, 2.45) is 5.92 Å². The lowest BCUT2D eigenvalue weighted by Gasteiger charge is -2.22. The predicted octanol–water partition coefficient (Wildman–Crippen LogP) is 3.13. The molecule has 3 aromatic rings. The number of anilines is 1. The Morgan fingerprint density at radius 3 is 2.70 bits per heavy atom. The van der Waals surface area contributed by atoms with Gasteiger partial charge in [-0.1, -0.05) is 37.3 Å². The molecule has 1 saturated carbocycles. The van der Waals surface area contributed by atoms with Crippen LogP contribution in [0.3, 0.4) is 0 Å². The molecule has 156 valence electrons. The highest BCUT2D eigenvalue weighted by Crippen LogP contribution is 2.32. The van der Waals surface area contributed by atoms with Crippen molar-refractivity contribution in [3.05, 3.63) is 77.6 Å². The maximum absolute atomic E-state index is 13.1. The van der Waals surface area contributed by atoms with Crippen molar-refractivity contribution in [1.29, 1.82) is 0 Å². The molecule has 2 heterocycles. The Balaban J connectivity index is 1.58. The highest BCUT2D eigenvalue weighted by atomic mass is 16.3. The Labute approximate surface area is 174 Å². The molecule has 0 spiro atoms. The van der Waals surface area contributed by atoms with E-state index in [0.717, 1.165) is 6.42 Å². The number of furan rings is 1. The summed E-state index contributed by atoms with van der Waals surface area (Å²) in [5, 5.41) is 24.2. The molecule has 0 saturated heterocycles. The number of aliphatic hydroxyl groups is 2. The summed E-state index contributed by atoms with van der Waals surface area (Å²) in [6.07, 6.45) is 5.25. The second-order valence-corrected chi connectivity index (χ2v) is 8.11. The topological polar surface area (TPSA) is 108 Å². The smallest absolute Gasteiger partial charge is 0.233 e. The zero-order valence-electron chi connectivity index (χ0n) is 16.9. The van der Waals surface area contributed by atoms with Crippen LogP contribution < -0.4 is 5.32 Å². The van der Waals surface area contributed by atoms with Crippen molar-refractivity contribution in [3.8, 4) is 0 Å². The van der Waals surface area contributed by atoms with E-state index in [1.54, 1.807) is 13.0 Å². The van der Waals surface area contributed by atoms with Crippen LogP contribution in [0, 0.1) is 5.92 Å². The molecule has 2 aromatic heterocycles. The molecule has 1 aromatic carbocycles. The van der Waals surface area contributed by atoms with Gasteiger partial charge in [0.1, 0.15) is 17.7 Å². The Bertz CT molecular complexity index is 1020. The SMILES string of the molecule is C[C@@H]1C[C@@H](Nc2ncncc2C(=O)c2cc([C@@](C)(O)c3ccccc3)co2)C[C@@H]1O. The van der Waals surface area contributed by atoms with E-state index < -0.39 is 5.60 Å².